The first-order valence-electron chi connectivity index (χ1n) is 13.8. The molecule has 2 aliphatic carbocycles. The Balaban J connectivity index is 1.34. The normalized spacial score (nSPS) is 31.2. The van der Waals surface area contributed by atoms with Crippen molar-refractivity contribution in [1.29, 1.82) is 0 Å². The molecule has 2 unspecified atom stereocenters. The van der Waals surface area contributed by atoms with E-state index in [1.165, 1.54) is 0 Å². The molecule has 36 heavy (non-hydrogen) atoms. The van der Waals surface area contributed by atoms with Crippen LogP contribution in [0.5, 0.6) is 5.75 Å². The van der Waals surface area contributed by atoms with Crippen LogP contribution in [-0.2, 0) is 9.53 Å². The van der Waals surface area contributed by atoms with Crippen LogP contribution in [0.3, 0.4) is 0 Å². The molecule has 3 fully saturated rings. The number of carboxylic acids is 1. The average molecular weight is 501 g/mol. The highest BCUT2D eigenvalue weighted by Crippen LogP contribution is 2.46. The zero-order valence-corrected chi connectivity index (χ0v) is 21.9. The summed E-state index contributed by atoms with van der Waals surface area (Å²) >= 11 is 0. The number of carbonyl (C=O) groups excluding carboxylic acids is 1. The van der Waals surface area contributed by atoms with E-state index in [1.807, 2.05) is 6.92 Å². The fourth-order valence-corrected chi connectivity index (χ4v) is 6.46. The van der Waals surface area contributed by atoms with Crippen LogP contribution in [0.2, 0.25) is 0 Å². The van der Waals surface area contributed by atoms with Gasteiger partial charge < -0.3 is 25.0 Å². The zero-order valence-electron chi connectivity index (χ0n) is 21.9. The van der Waals surface area contributed by atoms with Gasteiger partial charge in [-0.2, -0.15) is 0 Å². The summed E-state index contributed by atoms with van der Waals surface area (Å²) in [6.07, 6.45) is 7.10. The van der Waals surface area contributed by atoms with Crippen LogP contribution in [0.4, 0.5) is 0 Å². The lowest BCUT2D eigenvalue weighted by atomic mass is 9.62. The van der Waals surface area contributed by atoms with Gasteiger partial charge >= 0.3 is 5.97 Å². The molecule has 0 aromatic heterocycles. The van der Waals surface area contributed by atoms with Gasteiger partial charge in [0.05, 0.1) is 12.7 Å². The Morgan fingerprint density at radius 2 is 1.81 bits per heavy atom. The highest BCUT2D eigenvalue weighted by molar-refractivity contribution is 5.96. The number of rotatable bonds is 9. The topological polar surface area (TPSA) is 108 Å². The molecule has 3 aliphatic rings. The number of carbonyl (C=O) groups is 2. The lowest BCUT2D eigenvalue weighted by Crippen LogP contribution is -2.47. The number of nitrogens with one attached hydrogen (secondary N) is 1. The van der Waals surface area contributed by atoms with Gasteiger partial charge in [0.25, 0.3) is 5.91 Å². The third-order valence-electron chi connectivity index (χ3n) is 9.14. The van der Waals surface area contributed by atoms with Gasteiger partial charge in [0.15, 0.2) is 0 Å². The fourth-order valence-electron chi connectivity index (χ4n) is 6.46. The minimum Gasteiger partial charge on any atom is -0.821 e. The lowest BCUT2D eigenvalue weighted by molar-refractivity contribution is -0.489. The van der Waals surface area contributed by atoms with E-state index in [0.717, 1.165) is 51.6 Å². The van der Waals surface area contributed by atoms with E-state index in [0.29, 0.717) is 41.4 Å². The quantitative estimate of drug-likeness (QED) is 0.491. The Morgan fingerprint density at radius 3 is 2.44 bits per heavy atom. The molecule has 1 saturated heterocycles. The molecule has 1 aromatic rings. The first-order chi connectivity index (χ1) is 17.2. The third-order valence-corrected chi connectivity index (χ3v) is 9.14. The van der Waals surface area contributed by atoms with E-state index in [9.17, 15) is 19.8 Å². The molecule has 1 heterocycles. The van der Waals surface area contributed by atoms with E-state index >= 15 is 0 Å². The van der Waals surface area contributed by atoms with E-state index in [-0.39, 0.29) is 17.9 Å². The van der Waals surface area contributed by atoms with Crippen molar-refractivity contribution in [3.05, 3.63) is 29.8 Å². The molecule has 7 heteroatoms. The van der Waals surface area contributed by atoms with Crippen LogP contribution in [-0.4, -0.2) is 42.0 Å². The van der Waals surface area contributed by atoms with E-state index in [4.69, 9.17) is 9.47 Å². The predicted octanol–water partition coefficient (Wildman–Crippen LogP) is 4.24. The maximum atomic E-state index is 13.2. The second-order valence-electron chi connectivity index (χ2n) is 11.5. The third kappa shape index (κ3) is 6.41. The van der Waals surface area contributed by atoms with Crippen LogP contribution < -0.4 is 15.2 Å². The summed E-state index contributed by atoms with van der Waals surface area (Å²) in [5.41, 5.74) is 0.353. The van der Waals surface area contributed by atoms with Crippen molar-refractivity contribution >= 4 is 11.9 Å². The Kier molecular flexibility index (Phi) is 8.94. The van der Waals surface area contributed by atoms with Crippen molar-refractivity contribution < 1.29 is 29.3 Å². The first kappa shape index (κ1) is 26.9. The van der Waals surface area contributed by atoms with Gasteiger partial charge in [-0.1, -0.05) is 39.5 Å². The summed E-state index contributed by atoms with van der Waals surface area (Å²) in [5.74, 6) is 1.12. The van der Waals surface area contributed by atoms with Gasteiger partial charge in [-0.25, -0.2) is 4.79 Å². The molecule has 0 bridgehead atoms. The number of ether oxygens (including phenoxy) is 2. The lowest BCUT2D eigenvalue weighted by Gasteiger charge is -2.46. The number of benzene rings is 1. The van der Waals surface area contributed by atoms with E-state index in [1.54, 1.807) is 24.3 Å². The summed E-state index contributed by atoms with van der Waals surface area (Å²) in [4.78, 5) is 24.2. The molecule has 1 aromatic carbocycles. The molecule has 0 spiro atoms. The van der Waals surface area contributed by atoms with Crippen molar-refractivity contribution in [1.82, 2.24) is 5.32 Å². The van der Waals surface area contributed by atoms with Crippen molar-refractivity contribution in [2.45, 2.75) is 90.6 Å². The van der Waals surface area contributed by atoms with Crippen LogP contribution in [0.1, 0.15) is 82.5 Å². The van der Waals surface area contributed by atoms with Crippen molar-refractivity contribution in [3.63, 3.8) is 0 Å². The molecular weight excluding hydrogens is 458 g/mol. The standard InChI is InChI=1S/C29H42NO6/c1-17-7-13-24(25-16-35-18(2)8-14-23(17)25)19(3)29(34)36-22-11-9-21(10-12-22)27(31)30-26(28(32)33)15-20-5-4-6-20/h9-12,17-20,23-26,29H,4-8,13-16H2,1-3H3,(H,30,31)(H,32,33)/q-1/t17-,18?,19-,23+,24+,25?,26+,29-/m1/s1. The number of hydrogen-bond acceptors (Lipinski definition) is 5. The number of hydrogen-bond donors (Lipinski definition) is 2. The number of aliphatic carboxylic acids is 1. The monoisotopic (exact) mass is 500 g/mol. The summed E-state index contributed by atoms with van der Waals surface area (Å²) in [6.45, 7) is 7.20. The Bertz CT molecular complexity index is 884. The molecule has 200 valence electrons. The molecule has 7 nitrogen and oxygen atoms in total. The molecular formula is C29H42NO6-. The minimum atomic E-state index is -1.21. The Hall–Kier alpha value is -2.12. The van der Waals surface area contributed by atoms with Gasteiger partial charge in [-0.15, -0.1) is 0 Å². The van der Waals surface area contributed by atoms with Gasteiger partial charge in [0.2, 0.25) is 0 Å². The molecule has 4 rings (SSSR count). The second-order valence-corrected chi connectivity index (χ2v) is 11.5. The van der Waals surface area contributed by atoms with E-state index < -0.39 is 24.2 Å². The largest absolute Gasteiger partial charge is 0.821 e. The predicted molar refractivity (Wildman–Crippen MR) is 134 cm³/mol. The van der Waals surface area contributed by atoms with E-state index in [2.05, 4.69) is 19.2 Å². The highest BCUT2D eigenvalue weighted by atomic mass is 16.6. The van der Waals surface area contributed by atoms with Gasteiger partial charge in [-0.05, 0) is 92.4 Å². The number of fused-ring (bicyclic) bond motifs is 1. The second kappa shape index (κ2) is 12.0. The smallest absolute Gasteiger partial charge is 0.326 e. The van der Waals surface area contributed by atoms with Gasteiger partial charge in [-0.3, -0.25) is 4.79 Å². The summed E-state index contributed by atoms with van der Waals surface area (Å²) in [7, 11) is 0. The van der Waals surface area contributed by atoms with Crippen molar-refractivity contribution in [2.75, 3.05) is 6.61 Å². The number of carboxylic acid groups (broad SMARTS) is 1. The molecule has 8 atom stereocenters. The zero-order chi connectivity index (χ0) is 25.8. The summed E-state index contributed by atoms with van der Waals surface area (Å²) in [5, 5.41) is 25.3. The van der Waals surface area contributed by atoms with Crippen LogP contribution in [0, 0.1) is 35.5 Å². The minimum absolute atomic E-state index is 0.159. The van der Waals surface area contributed by atoms with Crippen molar-refractivity contribution in [3.8, 4) is 5.75 Å². The molecule has 1 aliphatic heterocycles. The maximum Gasteiger partial charge on any atom is 0.326 e. The summed E-state index contributed by atoms with van der Waals surface area (Å²) in [6, 6.07) is 5.53. The average Bonchev–Trinajstić information content (AvgIpc) is 3.03. The molecule has 2 N–H and O–H groups in total. The maximum absolute atomic E-state index is 13.2. The van der Waals surface area contributed by atoms with Gasteiger partial charge in [0, 0.05) is 11.9 Å². The van der Waals surface area contributed by atoms with Crippen LogP contribution in [0.25, 0.3) is 0 Å². The van der Waals surface area contributed by atoms with Crippen LogP contribution >= 0.6 is 0 Å². The number of amides is 1. The Morgan fingerprint density at radius 1 is 1.08 bits per heavy atom. The Labute approximate surface area is 214 Å². The first-order valence-corrected chi connectivity index (χ1v) is 13.8. The SMILES string of the molecule is CC1CC[C@@H]2C(CO1)[C@H]([C@@H](C)[C@H]([O-])Oc1ccc(C(=O)N[C@@H](CC3CCC3)C(=O)O)cc1)CC[C@H]2C. The molecule has 2 saturated carbocycles. The molecule has 1 amide bonds. The molecule has 0 radical (unpaired) electrons. The highest BCUT2D eigenvalue weighted by Gasteiger charge is 2.42. The fraction of sp³-hybridized carbons (Fsp3) is 0.724. The van der Waals surface area contributed by atoms with Crippen LogP contribution in [0.15, 0.2) is 24.3 Å². The van der Waals surface area contributed by atoms with Crippen molar-refractivity contribution in [2.24, 2.45) is 35.5 Å². The van der Waals surface area contributed by atoms with Gasteiger partial charge in [0.1, 0.15) is 11.8 Å². The summed E-state index contributed by atoms with van der Waals surface area (Å²) < 4.78 is 11.9.